The van der Waals surface area contributed by atoms with E-state index in [0.29, 0.717) is 0 Å². The summed E-state index contributed by atoms with van der Waals surface area (Å²) in [5.74, 6) is -3.11. The van der Waals surface area contributed by atoms with Crippen molar-refractivity contribution >= 4 is 5.97 Å². The van der Waals surface area contributed by atoms with Crippen molar-refractivity contribution < 1.29 is 33.6 Å². The molecule has 0 saturated heterocycles. The van der Waals surface area contributed by atoms with Crippen LogP contribution in [0, 0.1) is 5.82 Å². The van der Waals surface area contributed by atoms with Gasteiger partial charge in [-0.25, -0.2) is 4.79 Å². The quantitative estimate of drug-likeness (QED) is 0.795. The Hall–Kier alpha value is -2.02. The Morgan fingerprint density at radius 2 is 2.21 bits per heavy atom. The number of carbonyl (C=O) groups is 1. The van der Waals surface area contributed by atoms with E-state index in [1.807, 2.05) is 0 Å². The van der Waals surface area contributed by atoms with E-state index in [1.54, 1.807) is 6.92 Å². The highest BCUT2D eigenvalue weighted by molar-refractivity contribution is 5.78. The summed E-state index contributed by atoms with van der Waals surface area (Å²) >= 11 is 0. The Morgan fingerprint density at radius 1 is 1.53 bits per heavy atom. The number of esters is 1. The molecule has 1 aliphatic heterocycles. The second-order valence-corrected chi connectivity index (χ2v) is 3.81. The maximum Gasteiger partial charge on any atom is 0.339 e. The largest absolute Gasteiger partial charge is 0.504 e. The summed E-state index contributed by atoms with van der Waals surface area (Å²) in [6.07, 6.45) is -1.79. The van der Waals surface area contributed by atoms with Crippen LogP contribution in [-0.4, -0.2) is 36.0 Å². The van der Waals surface area contributed by atoms with Gasteiger partial charge in [-0.05, 0) is 13.0 Å². The summed E-state index contributed by atoms with van der Waals surface area (Å²) in [4.78, 5) is 11.4. The molecule has 0 aliphatic carbocycles. The van der Waals surface area contributed by atoms with Gasteiger partial charge in [0.25, 0.3) is 0 Å². The molecule has 1 aliphatic rings. The van der Waals surface area contributed by atoms with Gasteiger partial charge in [0.05, 0.1) is 6.61 Å². The highest BCUT2D eigenvalue weighted by Crippen LogP contribution is 2.42. The van der Waals surface area contributed by atoms with E-state index in [1.165, 1.54) is 0 Å². The first-order chi connectivity index (χ1) is 9.06. The molecule has 19 heavy (non-hydrogen) atoms. The predicted molar refractivity (Wildman–Crippen MR) is 60.6 cm³/mol. The molecule has 0 saturated carbocycles. The van der Waals surface area contributed by atoms with E-state index in [9.17, 15) is 19.4 Å². The van der Waals surface area contributed by atoms with Gasteiger partial charge in [0.2, 0.25) is 11.6 Å². The number of hydrogen-bond acceptors (Lipinski definition) is 6. The molecule has 0 spiro atoms. The molecule has 1 atom stereocenters. The average Bonchev–Trinajstić information content (AvgIpc) is 2.42. The topological polar surface area (TPSA) is 85.2 Å². The van der Waals surface area contributed by atoms with Crippen LogP contribution in [0.3, 0.4) is 0 Å². The van der Waals surface area contributed by atoms with Crippen LogP contribution in [0.15, 0.2) is 6.07 Å². The van der Waals surface area contributed by atoms with Gasteiger partial charge >= 0.3 is 5.97 Å². The van der Waals surface area contributed by atoms with Crippen molar-refractivity contribution in [2.45, 2.75) is 13.0 Å². The predicted octanol–water partition coefficient (Wildman–Crippen LogP) is 0.899. The number of aliphatic hydroxyl groups is 1. The van der Waals surface area contributed by atoms with Crippen molar-refractivity contribution in [2.24, 2.45) is 0 Å². The lowest BCUT2D eigenvalue weighted by Gasteiger charge is -2.21. The fourth-order valence-electron chi connectivity index (χ4n) is 1.71. The molecule has 1 heterocycles. The van der Waals surface area contributed by atoms with Gasteiger partial charge in [-0.2, -0.15) is 4.39 Å². The monoisotopic (exact) mass is 272 g/mol. The van der Waals surface area contributed by atoms with Crippen molar-refractivity contribution in [3.05, 3.63) is 17.4 Å². The number of fused-ring (bicyclic) bond motifs is 1. The summed E-state index contributed by atoms with van der Waals surface area (Å²) in [5, 5.41) is 19.4. The number of rotatable bonds is 3. The number of carbonyl (C=O) groups excluding carboxylic acids is 1. The van der Waals surface area contributed by atoms with Gasteiger partial charge in [-0.15, -0.1) is 0 Å². The Bertz CT molecular complexity index is 501. The Morgan fingerprint density at radius 3 is 2.89 bits per heavy atom. The smallest absolute Gasteiger partial charge is 0.339 e. The van der Waals surface area contributed by atoms with Crippen LogP contribution in [0.5, 0.6) is 17.2 Å². The number of halogens is 1. The lowest BCUT2D eigenvalue weighted by molar-refractivity contribution is -0.153. The van der Waals surface area contributed by atoms with Gasteiger partial charge in [0.15, 0.2) is 17.6 Å². The molecule has 0 amide bonds. The number of aromatic hydroxyl groups is 1. The molecule has 0 fully saturated rings. The first-order valence-electron chi connectivity index (χ1n) is 5.72. The number of phenols is 1. The van der Waals surface area contributed by atoms with Crippen molar-refractivity contribution in [1.29, 1.82) is 0 Å². The van der Waals surface area contributed by atoms with Crippen LogP contribution in [0.4, 0.5) is 4.39 Å². The number of aliphatic hydroxyl groups excluding tert-OH is 1. The van der Waals surface area contributed by atoms with Crippen LogP contribution in [0.2, 0.25) is 0 Å². The standard InChI is InChI=1S/C12H13FO6/c1-2-17-12(16)10(15)6-5-7-11(8(13)9(6)14)19-4-3-18-7/h5,10,14-15H,2-4H2,1H3. The molecule has 1 unspecified atom stereocenters. The van der Waals surface area contributed by atoms with E-state index in [4.69, 9.17) is 9.47 Å². The van der Waals surface area contributed by atoms with Gasteiger partial charge < -0.3 is 24.4 Å². The lowest BCUT2D eigenvalue weighted by atomic mass is 10.1. The summed E-state index contributed by atoms with van der Waals surface area (Å²) in [6.45, 7) is 1.99. The third kappa shape index (κ3) is 2.41. The van der Waals surface area contributed by atoms with E-state index in [-0.39, 0.29) is 36.9 Å². The summed E-state index contributed by atoms with van der Waals surface area (Å²) in [5.41, 5.74) is -0.319. The van der Waals surface area contributed by atoms with E-state index in [2.05, 4.69) is 4.74 Å². The zero-order chi connectivity index (χ0) is 14.0. The van der Waals surface area contributed by atoms with Crippen molar-refractivity contribution in [3.8, 4) is 17.2 Å². The molecule has 6 nitrogen and oxygen atoms in total. The molecule has 2 rings (SSSR count). The van der Waals surface area contributed by atoms with Crippen LogP contribution in [0.1, 0.15) is 18.6 Å². The first-order valence-corrected chi connectivity index (χ1v) is 5.72. The number of phenolic OH excluding ortho intramolecular Hbond substituents is 1. The highest BCUT2D eigenvalue weighted by Gasteiger charge is 2.29. The van der Waals surface area contributed by atoms with Crippen molar-refractivity contribution in [3.63, 3.8) is 0 Å². The normalized spacial score (nSPS) is 14.9. The Labute approximate surface area is 108 Å². The number of hydrogen-bond donors (Lipinski definition) is 2. The summed E-state index contributed by atoms with van der Waals surface area (Å²) < 4.78 is 28.6. The summed E-state index contributed by atoms with van der Waals surface area (Å²) in [6, 6.07) is 1.16. The minimum atomic E-state index is -1.79. The minimum absolute atomic E-state index is 0.0277. The molecule has 1 aromatic carbocycles. The second-order valence-electron chi connectivity index (χ2n) is 3.81. The lowest BCUT2D eigenvalue weighted by Crippen LogP contribution is -2.19. The third-order valence-electron chi connectivity index (χ3n) is 2.58. The molecule has 2 N–H and O–H groups in total. The van der Waals surface area contributed by atoms with Crippen molar-refractivity contribution in [2.75, 3.05) is 19.8 Å². The maximum atomic E-state index is 13.8. The zero-order valence-electron chi connectivity index (χ0n) is 10.2. The van der Waals surface area contributed by atoms with Gasteiger partial charge in [0, 0.05) is 5.56 Å². The average molecular weight is 272 g/mol. The fraction of sp³-hybridized carbons (Fsp3) is 0.417. The van der Waals surface area contributed by atoms with E-state index < -0.39 is 23.6 Å². The van der Waals surface area contributed by atoms with E-state index in [0.717, 1.165) is 6.07 Å². The van der Waals surface area contributed by atoms with Gasteiger partial charge in [-0.1, -0.05) is 0 Å². The van der Waals surface area contributed by atoms with Crippen molar-refractivity contribution in [1.82, 2.24) is 0 Å². The zero-order valence-corrected chi connectivity index (χ0v) is 10.2. The molecule has 0 bridgehead atoms. The number of ether oxygens (including phenoxy) is 3. The van der Waals surface area contributed by atoms with Gasteiger partial charge in [0.1, 0.15) is 13.2 Å². The van der Waals surface area contributed by atoms with E-state index >= 15 is 0 Å². The van der Waals surface area contributed by atoms with Crippen LogP contribution < -0.4 is 9.47 Å². The summed E-state index contributed by atoms with van der Waals surface area (Å²) in [7, 11) is 0. The second kappa shape index (κ2) is 5.31. The Balaban J connectivity index is 2.41. The Kier molecular flexibility index (Phi) is 3.75. The molecule has 0 radical (unpaired) electrons. The van der Waals surface area contributed by atoms with Crippen LogP contribution in [0.25, 0.3) is 0 Å². The molecular weight excluding hydrogens is 259 g/mol. The molecular formula is C12H13FO6. The highest BCUT2D eigenvalue weighted by atomic mass is 19.1. The molecule has 0 aromatic heterocycles. The fourth-order valence-corrected chi connectivity index (χ4v) is 1.71. The molecule has 1 aromatic rings. The molecule has 7 heteroatoms. The number of benzene rings is 1. The minimum Gasteiger partial charge on any atom is -0.504 e. The SMILES string of the molecule is CCOC(=O)C(O)c1cc2c(c(F)c1O)OCCO2. The molecule has 104 valence electrons. The van der Waals surface area contributed by atoms with Crippen LogP contribution >= 0.6 is 0 Å². The van der Waals surface area contributed by atoms with Crippen LogP contribution in [-0.2, 0) is 9.53 Å². The third-order valence-corrected chi connectivity index (χ3v) is 2.58. The maximum absolute atomic E-state index is 13.8. The first kappa shape index (κ1) is 13.4. The van der Waals surface area contributed by atoms with Gasteiger partial charge in [-0.3, -0.25) is 0 Å².